The zero-order valence-electron chi connectivity index (χ0n) is 12.4. The highest BCUT2D eigenvalue weighted by Gasteiger charge is 2.53. The molecule has 0 radical (unpaired) electrons. The van der Waals surface area contributed by atoms with Crippen molar-refractivity contribution in [3.63, 3.8) is 0 Å². The molecule has 17 heavy (non-hydrogen) atoms. The van der Waals surface area contributed by atoms with Crippen LogP contribution in [-0.4, -0.2) is 53.3 Å². The maximum absolute atomic E-state index is 12.5. The zero-order valence-corrected chi connectivity index (χ0v) is 12.4. The molecule has 0 N–H and O–H groups in total. The first-order chi connectivity index (χ1) is 7.72. The minimum absolute atomic E-state index is 0.116. The zero-order chi connectivity index (χ0) is 13.4. The fourth-order valence-corrected chi connectivity index (χ4v) is 2.58. The van der Waals surface area contributed by atoms with Crippen molar-refractivity contribution in [2.45, 2.75) is 59.2 Å². The predicted octanol–water partition coefficient (Wildman–Crippen LogP) is 2.01. The van der Waals surface area contributed by atoms with Gasteiger partial charge in [0.25, 0.3) is 0 Å². The van der Waals surface area contributed by atoms with E-state index in [4.69, 9.17) is 0 Å². The van der Waals surface area contributed by atoms with Gasteiger partial charge in [0.15, 0.2) is 5.78 Å². The fraction of sp³-hybridized carbons (Fsp3) is 0.929. The van der Waals surface area contributed by atoms with E-state index in [2.05, 4.69) is 44.5 Å². The highest BCUT2D eigenvalue weighted by atomic mass is 16.1. The third-order valence-electron chi connectivity index (χ3n) is 4.09. The van der Waals surface area contributed by atoms with Crippen LogP contribution in [0.5, 0.6) is 0 Å². The van der Waals surface area contributed by atoms with E-state index in [0.29, 0.717) is 17.9 Å². The Labute approximate surface area is 106 Å². The molecule has 0 aliphatic carbocycles. The van der Waals surface area contributed by atoms with Crippen molar-refractivity contribution < 1.29 is 4.79 Å². The van der Waals surface area contributed by atoms with Crippen LogP contribution in [0.2, 0.25) is 0 Å². The van der Waals surface area contributed by atoms with Crippen LogP contribution in [0, 0.1) is 5.92 Å². The van der Waals surface area contributed by atoms with E-state index in [1.165, 1.54) is 0 Å². The van der Waals surface area contributed by atoms with Crippen LogP contribution in [0.1, 0.15) is 41.5 Å². The van der Waals surface area contributed by atoms with Crippen LogP contribution in [0.3, 0.4) is 0 Å². The van der Waals surface area contributed by atoms with Gasteiger partial charge in [0.2, 0.25) is 0 Å². The quantitative estimate of drug-likeness (QED) is 0.734. The number of likely N-dealkylation sites (tertiary alicyclic amines) is 1. The summed E-state index contributed by atoms with van der Waals surface area (Å²) in [4.78, 5) is 17.1. The van der Waals surface area contributed by atoms with E-state index in [-0.39, 0.29) is 11.5 Å². The van der Waals surface area contributed by atoms with Crippen LogP contribution in [0.4, 0.5) is 0 Å². The Bertz CT molecular complexity index is 278. The Kier molecular flexibility index (Phi) is 4.37. The average Bonchev–Trinajstić information content (AvgIpc) is 2.14. The van der Waals surface area contributed by atoms with Crippen LogP contribution in [0.25, 0.3) is 0 Å². The molecule has 3 heteroatoms. The normalized spacial score (nSPS) is 20.4. The number of carbonyl (C=O) groups excluding carboxylic acids is 1. The molecule has 0 amide bonds. The Balaban J connectivity index is 2.87. The van der Waals surface area contributed by atoms with Gasteiger partial charge >= 0.3 is 0 Å². The Morgan fingerprint density at radius 1 is 1.12 bits per heavy atom. The summed E-state index contributed by atoms with van der Waals surface area (Å²) in [6.07, 6.45) is 0. The number of Topliss-reactive ketones (excluding diaryl/α,β-unsaturated/α-hetero) is 1. The lowest BCUT2D eigenvalue weighted by Crippen LogP contribution is -2.75. The number of hydrogen-bond acceptors (Lipinski definition) is 3. The predicted molar refractivity (Wildman–Crippen MR) is 72.2 cm³/mol. The molecule has 0 aromatic heterocycles. The Morgan fingerprint density at radius 2 is 1.59 bits per heavy atom. The lowest BCUT2D eigenvalue weighted by atomic mass is 9.77. The molecule has 0 saturated carbocycles. The summed E-state index contributed by atoms with van der Waals surface area (Å²) in [6, 6.07) is 0.940. The van der Waals surface area contributed by atoms with Gasteiger partial charge in [-0.2, -0.15) is 0 Å². The second-order valence-electron chi connectivity index (χ2n) is 6.25. The van der Waals surface area contributed by atoms with Crippen molar-refractivity contribution in [1.29, 1.82) is 0 Å². The third kappa shape index (κ3) is 2.55. The topological polar surface area (TPSA) is 23.6 Å². The molecule has 1 heterocycles. The summed E-state index contributed by atoms with van der Waals surface area (Å²) < 4.78 is 0. The molecule has 1 rings (SSSR count). The second kappa shape index (κ2) is 5.07. The van der Waals surface area contributed by atoms with Gasteiger partial charge in [0, 0.05) is 31.1 Å². The maximum atomic E-state index is 12.5. The van der Waals surface area contributed by atoms with Gasteiger partial charge in [0.1, 0.15) is 5.54 Å². The number of rotatable bonds is 5. The number of likely N-dealkylation sites (N-methyl/N-ethyl adjacent to an activating group) is 1. The molecular formula is C14H28N2O. The highest BCUT2D eigenvalue weighted by Crippen LogP contribution is 2.33. The molecular weight excluding hydrogens is 212 g/mol. The first-order valence-corrected chi connectivity index (χ1v) is 6.73. The molecule has 100 valence electrons. The molecule has 0 atom stereocenters. The molecule has 0 spiro atoms. The summed E-state index contributed by atoms with van der Waals surface area (Å²) in [7, 11) is 2.09. The SMILES string of the molecule is CC(C)C(=O)C1(N(C)C(C)C)CN(C(C)C)C1. The number of nitrogens with zero attached hydrogens (tertiary/aromatic N) is 2. The largest absolute Gasteiger partial charge is 0.297 e. The second-order valence-corrected chi connectivity index (χ2v) is 6.25. The van der Waals surface area contributed by atoms with Gasteiger partial charge in [-0.15, -0.1) is 0 Å². The van der Waals surface area contributed by atoms with Crippen LogP contribution < -0.4 is 0 Å². The smallest absolute Gasteiger partial charge is 0.158 e. The fourth-order valence-electron chi connectivity index (χ4n) is 2.58. The van der Waals surface area contributed by atoms with E-state index >= 15 is 0 Å². The lowest BCUT2D eigenvalue weighted by molar-refractivity contribution is -0.150. The number of ketones is 1. The highest BCUT2D eigenvalue weighted by molar-refractivity contribution is 5.91. The first kappa shape index (κ1) is 14.7. The standard InChI is InChI=1S/C14H28N2O/c1-10(2)13(17)14(15(7)11(3)4)8-16(9-14)12(5)6/h10-12H,8-9H2,1-7H3. The number of hydrogen-bond donors (Lipinski definition) is 0. The van der Waals surface area contributed by atoms with Gasteiger partial charge in [-0.25, -0.2) is 0 Å². The van der Waals surface area contributed by atoms with Gasteiger partial charge < -0.3 is 0 Å². The third-order valence-corrected chi connectivity index (χ3v) is 4.09. The van der Waals surface area contributed by atoms with Crippen molar-refractivity contribution >= 4 is 5.78 Å². The molecule has 1 saturated heterocycles. The average molecular weight is 240 g/mol. The van der Waals surface area contributed by atoms with Gasteiger partial charge in [-0.3, -0.25) is 14.6 Å². The molecule has 0 unspecified atom stereocenters. The van der Waals surface area contributed by atoms with Crippen LogP contribution in [0.15, 0.2) is 0 Å². The summed E-state index contributed by atoms with van der Waals surface area (Å²) in [5, 5.41) is 0. The van der Waals surface area contributed by atoms with Crippen molar-refractivity contribution in [2.24, 2.45) is 5.92 Å². The molecule has 0 bridgehead atoms. The van der Waals surface area contributed by atoms with Crippen molar-refractivity contribution in [2.75, 3.05) is 20.1 Å². The van der Waals surface area contributed by atoms with E-state index in [1.54, 1.807) is 0 Å². The lowest BCUT2D eigenvalue weighted by Gasteiger charge is -2.57. The molecule has 0 aromatic carbocycles. The monoisotopic (exact) mass is 240 g/mol. The maximum Gasteiger partial charge on any atom is 0.158 e. The van der Waals surface area contributed by atoms with E-state index in [1.807, 2.05) is 13.8 Å². The molecule has 1 aliphatic rings. The van der Waals surface area contributed by atoms with E-state index in [9.17, 15) is 4.79 Å². The molecule has 3 nitrogen and oxygen atoms in total. The summed E-state index contributed by atoms with van der Waals surface area (Å²) in [5.41, 5.74) is -0.243. The van der Waals surface area contributed by atoms with Gasteiger partial charge in [-0.1, -0.05) is 13.8 Å². The first-order valence-electron chi connectivity index (χ1n) is 6.73. The summed E-state index contributed by atoms with van der Waals surface area (Å²) in [6.45, 7) is 14.5. The summed E-state index contributed by atoms with van der Waals surface area (Å²) in [5.74, 6) is 0.510. The Hall–Kier alpha value is -0.410. The van der Waals surface area contributed by atoms with E-state index in [0.717, 1.165) is 13.1 Å². The van der Waals surface area contributed by atoms with Gasteiger partial charge in [-0.05, 0) is 34.7 Å². The Morgan fingerprint density at radius 3 is 1.88 bits per heavy atom. The number of carbonyl (C=O) groups is 1. The van der Waals surface area contributed by atoms with Crippen LogP contribution in [-0.2, 0) is 4.79 Å². The molecule has 1 aliphatic heterocycles. The van der Waals surface area contributed by atoms with Gasteiger partial charge in [0.05, 0.1) is 0 Å². The van der Waals surface area contributed by atoms with E-state index < -0.39 is 0 Å². The molecule has 0 aromatic rings. The molecule has 1 fully saturated rings. The minimum Gasteiger partial charge on any atom is -0.297 e. The van der Waals surface area contributed by atoms with Crippen molar-refractivity contribution in [3.8, 4) is 0 Å². The van der Waals surface area contributed by atoms with Crippen LogP contribution >= 0.6 is 0 Å². The van der Waals surface area contributed by atoms with Crippen molar-refractivity contribution in [1.82, 2.24) is 9.80 Å². The van der Waals surface area contributed by atoms with Crippen molar-refractivity contribution in [3.05, 3.63) is 0 Å². The summed E-state index contributed by atoms with van der Waals surface area (Å²) >= 11 is 0. The minimum atomic E-state index is -0.243.